The predicted octanol–water partition coefficient (Wildman–Crippen LogP) is 3.75. The van der Waals surface area contributed by atoms with E-state index in [0.29, 0.717) is 18.3 Å². The van der Waals surface area contributed by atoms with Crippen LogP contribution in [0.2, 0.25) is 0 Å². The van der Waals surface area contributed by atoms with E-state index in [4.69, 9.17) is 0 Å². The van der Waals surface area contributed by atoms with Crippen LogP contribution in [0.3, 0.4) is 0 Å². The number of anilines is 3. The topological polar surface area (TPSA) is 79.7 Å². The van der Waals surface area contributed by atoms with Crippen molar-refractivity contribution >= 4 is 17.6 Å². The van der Waals surface area contributed by atoms with E-state index in [-0.39, 0.29) is 0 Å². The van der Waals surface area contributed by atoms with Gasteiger partial charge in [0.15, 0.2) is 5.82 Å². The van der Waals surface area contributed by atoms with Crippen LogP contribution in [0.15, 0.2) is 79.3 Å². The van der Waals surface area contributed by atoms with Crippen LogP contribution in [0.25, 0.3) is 11.4 Å². The van der Waals surface area contributed by atoms with Gasteiger partial charge in [0.05, 0.1) is 0 Å². The van der Waals surface area contributed by atoms with Crippen molar-refractivity contribution in [3.63, 3.8) is 0 Å². The van der Waals surface area contributed by atoms with Crippen LogP contribution in [-0.4, -0.2) is 38.5 Å². The zero-order chi connectivity index (χ0) is 19.9. The second kappa shape index (κ2) is 8.88. The van der Waals surface area contributed by atoms with Gasteiger partial charge in [-0.3, -0.25) is 4.98 Å². The Morgan fingerprint density at radius 2 is 1.52 bits per heavy atom. The molecule has 29 heavy (non-hydrogen) atoms. The van der Waals surface area contributed by atoms with Gasteiger partial charge in [0.25, 0.3) is 0 Å². The van der Waals surface area contributed by atoms with Crippen molar-refractivity contribution < 1.29 is 0 Å². The van der Waals surface area contributed by atoms with Crippen LogP contribution in [0.5, 0.6) is 0 Å². The highest BCUT2D eigenvalue weighted by Crippen LogP contribution is 2.22. The monoisotopic (exact) mass is 383 g/mol. The second-order valence-corrected chi connectivity index (χ2v) is 6.40. The fourth-order valence-electron chi connectivity index (χ4n) is 2.85. The number of pyridine rings is 1. The van der Waals surface area contributed by atoms with Crippen LogP contribution in [-0.2, 0) is 6.42 Å². The molecule has 0 fully saturated rings. The molecule has 4 rings (SSSR count). The summed E-state index contributed by atoms with van der Waals surface area (Å²) >= 11 is 0. The zero-order valence-corrected chi connectivity index (χ0v) is 16.1. The minimum Gasteiger partial charge on any atom is -0.354 e. The van der Waals surface area contributed by atoms with Crippen LogP contribution >= 0.6 is 0 Å². The first-order chi connectivity index (χ1) is 14.3. The molecule has 0 amide bonds. The molecule has 3 heterocycles. The van der Waals surface area contributed by atoms with Crippen molar-refractivity contribution in [2.24, 2.45) is 0 Å². The van der Waals surface area contributed by atoms with Crippen LogP contribution in [0.4, 0.5) is 17.6 Å². The highest BCUT2D eigenvalue weighted by molar-refractivity contribution is 5.61. The number of aromatic nitrogens is 5. The van der Waals surface area contributed by atoms with E-state index in [1.807, 2.05) is 72.6 Å². The normalized spacial score (nSPS) is 10.5. The van der Waals surface area contributed by atoms with Gasteiger partial charge < -0.3 is 10.2 Å². The lowest BCUT2D eigenvalue weighted by Gasteiger charge is -2.18. The van der Waals surface area contributed by atoms with E-state index in [9.17, 15) is 0 Å². The third-order valence-corrected chi connectivity index (χ3v) is 4.39. The first-order valence-corrected chi connectivity index (χ1v) is 9.38. The molecule has 0 aliphatic carbocycles. The van der Waals surface area contributed by atoms with Gasteiger partial charge >= 0.3 is 0 Å². The number of benzene rings is 1. The summed E-state index contributed by atoms with van der Waals surface area (Å²) in [5.74, 6) is 2.76. The molecule has 0 aliphatic heterocycles. The van der Waals surface area contributed by atoms with Gasteiger partial charge in [0, 0.05) is 49.9 Å². The molecule has 0 unspecified atom stereocenters. The third-order valence-electron chi connectivity index (χ3n) is 4.39. The van der Waals surface area contributed by atoms with Crippen molar-refractivity contribution in [1.82, 2.24) is 24.9 Å². The van der Waals surface area contributed by atoms with E-state index in [0.717, 1.165) is 29.3 Å². The summed E-state index contributed by atoms with van der Waals surface area (Å²) in [6, 6.07) is 19.5. The van der Waals surface area contributed by atoms with E-state index in [1.54, 1.807) is 18.6 Å². The molecule has 7 heteroatoms. The molecule has 0 saturated heterocycles. The molecule has 7 nitrogen and oxygen atoms in total. The number of hydrogen-bond acceptors (Lipinski definition) is 7. The molecule has 4 aromatic rings. The molecule has 0 radical (unpaired) electrons. The lowest BCUT2D eigenvalue weighted by atomic mass is 10.2. The van der Waals surface area contributed by atoms with Gasteiger partial charge in [0.2, 0.25) is 5.95 Å². The van der Waals surface area contributed by atoms with Crippen LogP contribution in [0.1, 0.15) is 5.69 Å². The van der Waals surface area contributed by atoms with E-state index in [2.05, 4.69) is 30.2 Å². The Morgan fingerprint density at radius 1 is 0.759 bits per heavy atom. The number of nitrogens with zero attached hydrogens (tertiary/aromatic N) is 6. The van der Waals surface area contributed by atoms with Gasteiger partial charge in [-0.1, -0.05) is 36.4 Å². The van der Waals surface area contributed by atoms with Crippen LogP contribution in [0, 0.1) is 0 Å². The summed E-state index contributed by atoms with van der Waals surface area (Å²) < 4.78 is 0. The lowest BCUT2D eigenvalue weighted by Crippen LogP contribution is -2.15. The average molecular weight is 383 g/mol. The Morgan fingerprint density at radius 3 is 2.31 bits per heavy atom. The average Bonchev–Trinajstić information content (AvgIpc) is 2.80. The summed E-state index contributed by atoms with van der Waals surface area (Å²) in [6.45, 7) is 0.704. The maximum absolute atomic E-state index is 4.68. The first-order valence-electron chi connectivity index (χ1n) is 9.38. The van der Waals surface area contributed by atoms with Crippen molar-refractivity contribution in [3.05, 3.63) is 84.9 Å². The molecule has 1 aromatic carbocycles. The molecule has 3 aromatic heterocycles. The Kier molecular flexibility index (Phi) is 5.66. The molecular weight excluding hydrogens is 362 g/mol. The Labute approximate surface area is 169 Å². The van der Waals surface area contributed by atoms with Gasteiger partial charge in [0.1, 0.15) is 11.6 Å². The van der Waals surface area contributed by atoms with E-state index in [1.165, 1.54) is 0 Å². The van der Waals surface area contributed by atoms with Crippen LogP contribution < -0.4 is 10.2 Å². The van der Waals surface area contributed by atoms with Crippen molar-refractivity contribution in [2.75, 3.05) is 23.8 Å². The predicted molar refractivity (Wildman–Crippen MR) is 114 cm³/mol. The maximum atomic E-state index is 4.68. The van der Waals surface area contributed by atoms with Crippen molar-refractivity contribution in [2.45, 2.75) is 6.42 Å². The second-order valence-electron chi connectivity index (χ2n) is 6.40. The Balaban J connectivity index is 1.46. The largest absolute Gasteiger partial charge is 0.354 e. The fraction of sp³-hybridized carbons (Fsp3) is 0.136. The molecule has 0 spiro atoms. The molecular formula is C22H21N7. The fourth-order valence-corrected chi connectivity index (χ4v) is 2.85. The summed E-state index contributed by atoms with van der Waals surface area (Å²) in [7, 11) is 1.93. The summed E-state index contributed by atoms with van der Waals surface area (Å²) in [6.07, 6.45) is 6.10. The summed E-state index contributed by atoms with van der Waals surface area (Å²) in [5.41, 5.74) is 2.00. The van der Waals surface area contributed by atoms with Gasteiger partial charge in [-0.2, -0.15) is 4.98 Å². The summed E-state index contributed by atoms with van der Waals surface area (Å²) in [5, 5.41) is 3.26. The smallest absolute Gasteiger partial charge is 0.224 e. The quantitative estimate of drug-likeness (QED) is 0.520. The maximum Gasteiger partial charge on any atom is 0.224 e. The number of rotatable bonds is 7. The Bertz CT molecular complexity index is 1050. The highest BCUT2D eigenvalue weighted by Gasteiger charge is 2.10. The first kappa shape index (κ1) is 18.5. The minimum atomic E-state index is 0.572. The molecule has 0 aliphatic rings. The molecule has 0 atom stereocenters. The van der Waals surface area contributed by atoms with Gasteiger partial charge in [-0.15, -0.1) is 0 Å². The van der Waals surface area contributed by atoms with E-state index >= 15 is 0 Å². The summed E-state index contributed by atoms with van der Waals surface area (Å²) in [4.78, 5) is 24.2. The van der Waals surface area contributed by atoms with E-state index < -0.39 is 0 Å². The van der Waals surface area contributed by atoms with Gasteiger partial charge in [-0.05, 0) is 24.3 Å². The lowest BCUT2D eigenvalue weighted by molar-refractivity contribution is 0.936. The molecule has 0 bridgehead atoms. The Hall–Kier alpha value is -3.87. The minimum absolute atomic E-state index is 0.572. The third kappa shape index (κ3) is 4.70. The SMILES string of the molecule is CN(c1ccnc(NCCc2ccccn2)n1)c1ccnc(-c2ccccc2)n1. The molecule has 144 valence electrons. The standard InChI is InChI=1S/C22H21N7/c1-29(19-11-15-24-21(27-19)17-7-3-2-4-8-17)20-12-16-26-22(28-20)25-14-10-18-9-5-6-13-23-18/h2-9,11-13,15-16H,10,14H2,1H3,(H,25,26,28). The van der Waals surface area contributed by atoms with Crippen molar-refractivity contribution in [1.29, 1.82) is 0 Å². The molecule has 0 saturated carbocycles. The number of hydrogen-bond donors (Lipinski definition) is 1. The highest BCUT2D eigenvalue weighted by atomic mass is 15.2. The zero-order valence-electron chi connectivity index (χ0n) is 16.1. The number of nitrogens with one attached hydrogen (secondary N) is 1. The van der Waals surface area contributed by atoms with Gasteiger partial charge in [-0.25, -0.2) is 15.0 Å². The van der Waals surface area contributed by atoms with Crippen molar-refractivity contribution in [3.8, 4) is 11.4 Å². The molecule has 1 N–H and O–H groups in total.